The van der Waals surface area contributed by atoms with Crippen molar-refractivity contribution in [2.24, 2.45) is 11.8 Å². The van der Waals surface area contributed by atoms with Crippen molar-refractivity contribution < 1.29 is 19.8 Å². The molecule has 1 rings (SSSR count). The summed E-state index contributed by atoms with van der Waals surface area (Å²) in [5, 5.41) is 20.3. The maximum Gasteiger partial charge on any atom is 0.169 e. The van der Waals surface area contributed by atoms with Crippen molar-refractivity contribution in [1.82, 2.24) is 0 Å². The molecule has 0 heterocycles. The van der Waals surface area contributed by atoms with Crippen molar-refractivity contribution in [2.45, 2.75) is 53.4 Å². The van der Waals surface area contributed by atoms with Crippen LogP contribution in [0.4, 0.5) is 0 Å². The van der Waals surface area contributed by atoms with E-state index in [0.717, 1.165) is 12.8 Å². The number of benzene rings is 1. The van der Waals surface area contributed by atoms with Gasteiger partial charge in [-0.05, 0) is 36.8 Å². The van der Waals surface area contributed by atoms with Gasteiger partial charge in [-0.1, -0.05) is 34.1 Å². The van der Waals surface area contributed by atoms with Gasteiger partial charge in [0.15, 0.2) is 12.1 Å². The highest BCUT2D eigenvalue weighted by Gasteiger charge is 2.25. The van der Waals surface area contributed by atoms with E-state index in [4.69, 9.17) is 0 Å². The lowest BCUT2D eigenvalue weighted by Gasteiger charge is -2.17. The average molecular weight is 306 g/mol. The van der Waals surface area contributed by atoms with E-state index in [9.17, 15) is 19.8 Å². The highest BCUT2D eigenvalue weighted by molar-refractivity contribution is 6.03. The Hall–Kier alpha value is -1.84. The second kappa shape index (κ2) is 7.97. The minimum Gasteiger partial charge on any atom is -0.507 e. The second-order valence-corrected chi connectivity index (χ2v) is 6.17. The van der Waals surface area contributed by atoms with E-state index in [2.05, 4.69) is 0 Å². The number of aromatic hydroxyl groups is 2. The van der Waals surface area contributed by atoms with Gasteiger partial charge in [0.05, 0.1) is 11.1 Å². The summed E-state index contributed by atoms with van der Waals surface area (Å²) in [5.74, 6) is -0.696. The van der Waals surface area contributed by atoms with E-state index in [1.807, 2.05) is 27.7 Å². The molecule has 2 N–H and O–H groups in total. The topological polar surface area (TPSA) is 74.6 Å². The average Bonchev–Trinajstić information content (AvgIpc) is 2.47. The quantitative estimate of drug-likeness (QED) is 0.559. The number of rotatable bonds is 8. The van der Waals surface area contributed by atoms with Gasteiger partial charge in [-0.2, -0.15) is 0 Å². The summed E-state index contributed by atoms with van der Waals surface area (Å²) in [6, 6.07) is 1.54. The number of Topliss-reactive ketones (excluding diaryl/α,β-unsaturated/α-hetero) is 1. The molecule has 22 heavy (non-hydrogen) atoms. The molecule has 0 aromatic heterocycles. The third kappa shape index (κ3) is 3.87. The molecule has 0 amide bonds. The predicted octanol–water partition coefficient (Wildman–Crippen LogP) is 4.12. The van der Waals surface area contributed by atoms with Crippen LogP contribution >= 0.6 is 0 Å². The lowest BCUT2D eigenvalue weighted by Crippen LogP contribution is -2.15. The molecule has 122 valence electrons. The predicted molar refractivity (Wildman–Crippen MR) is 86.7 cm³/mol. The number of carbonyl (C=O) groups is 2. The Morgan fingerprint density at radius 2 is 1.86 bits per heavy atom. The Morgan fingerprint density at radius 3 is 2.32 bits per heavy atom. The number of ketones is 1. The summed E-state index contributed by atoms with van der Waals surface area (Å²) in [5.41, 5.74) is 0.494. The van der Waals surface area contributed by atoms with E-state index in [1.54, 1.807) is 6.07 Å². The van der Waals surface area contributed by atoms with Gasteiger partial charge in [0.25, 0.3) is 0 Å². The lowest BCUT2D eigenvalue weighted by atomic mass is 9.87. The molecule has 0 aliphatic heterocycles. The summed E-state index contributed by atoms with van der Waals surface area (Å²) in [6.45, 7) is 7.92. The van der Waals surface area contributed by atoms with Crippen molar-refractivity contribution in [1.29, 1.82) is 0 Å². The normalized spacial score (nSPS) is 12.4. The number of hydrogen-bond acceptors (Lipinski definition) is 4. The zero-order valence-electron chi connectivity index (χ0n) is 13.8. The molecule has 1 atom stereocenters. The number of carbonyl (C=O) groups excluding carboxylic acids is 2. The molecule has 0 saturated heterocycles. The van der Waals surface area contributed by atoms with Crippen molar-refractivity contribution in [3.63, 3.8) is 0 Å². The number of phenolic OH excluding ortho intramolecular Hbond substituents is 2. The Kier molecular flexibility index (Phi) is 6.60. The van der Waals surface area contributed by atoms with Crippen molar-refractivity contribution in [3.05, 3.63) is 22.8 Å². The maximum absolute atomic E-state index is 12.6. The lowest BCUT2D eigenvalue weighted by molar-refractivity contribution is 0.0906. The first kappa shape index (κ1) is 18.2. The smallest absolute Gasteiger partial charge is 0.169 e. The van der Waals surface area contributed by atoms with Gasteiger partial charge >= 0.3 is 0 Å². The minimum atomic E-state index is -0.403. The molecule has 0 spiro atoms. The Balaban J connectivity index is 3.40. The molecule has 0 aliphatic carbocycles. The minimum absolute atomic E-state index is 0.149. The monoisotopic (exact) mass is 306 g/mol. The van der Waals surface area contributed by atoms with Gasteiger partial charge in [0.2, 0.25) is 0 Å². The van der Waals surface area contributed by atoms with Crippen molar-refractivity contribution in [2.75, 3.05) is 0 Å². The van der Waals surface area contributed by atoms with Crippen LogP contribution in [0.15, 0.2) is 6.07 Å². The molecule has 1 aromatic rings. The van der Waals surface area contributed by atoms with Gasteiger partial charge in [0, 0.05) is 5.92 Å². The van der Waals surface area contributed by atoms with E-state index in [-0.39, 0.29) is 34.5 Å². The third-order valence-electron chi connectivity index (χ3n) is 3.90. The van der Waals surface area contributed by atoms with Crippen LogP contribution in [-0.2, 0) is 6.42 Å². The third-order valence-corrected chi connectivity index (χ3v) is 3.90. The van der Waals surface area contributed by atoms with Gasteiger partial charge in [0.1, 0.15) is 11.5 Å². The maximum atomic E-state index is 12.6. The Bertz CT molecular complexity index is 547. The Morgan fingerprint density at radius 1 is 1.23 bits per heavy atom. The molecule has 0 saturated carbocycles. The molecule has 1 aromatic carbocycles. The van der Waals surface area contributed by atoms with E-state index < -0.39 is 5.75 Å². The summed E-state index contributed by atoms with van der Waals surface area (Å²) in [7, 11) is 0. The molecule has 1 unspecified atom stereocenters. The van der Waals surface area contributed by atoms with Crippen LogP contribution < -0.4 is 0 Å². The SMILES string of the molecule is CCCC(CC)C(=O)c1cc(CC(C)C)c(O)c(C=O)c1O. The van der Waals surface area contributed by atoms with Crippen LogP contribution in [0.1, 0.15) is 73.2 Å². The second-order valence-electron chi connectivity index (χ2n) is 6.17. The number of aldehydes is 1. The summed E-state index contributed by atoms with van der Waals surface area (Å²) < 4.78 is 0. The van der Waals surface area contributed by atoms with Gasteiger partial charge in [-0.3, -0.25) is 9.59 Å². The van der Waals surface area contributed by atoms with Crippen LogP contribution in [0, 0.1) is 11.8 Å². The first-order chi connectivity index (χ1) is 10.4. The van der Waals surface area contributed by atoms with Crippen LogP contribution in [0.25, 0.3) is 0 Å². The molecule has 0 aliphatic rings. The fraction of sp³-hybridized carbons (Fsp3) is 0.556. The summed E-state index contributed by atoms with van der Waals surface area (Å²) in [6.07, 6.45) is 3.25. The summed E-state index contributed by atoms with van der Waals surface area (Å²) >= 11 is 0. The molecule has 0 bridgehead atoms. The van der Waals surface area contributed by atoms with E-state index >= 15 is 0 Å². The van der Waals surface area contributed by atoms with E-state index in [1.165, 1.54) is 0 Å². The molecule has 4 heteroatoms. The molecule has 4 nitrogen and oxygen atoms in total. The Labute approximate surface area is 132 Å². The van der Waals surface area contributed by atoms with Gasteiger partial charge in [-0.15, -0.1) is 0 Å². The number of phenols is 2. The fourth-order valence-electron chi connectivity index (χ4n) is 2.73. The zero-order valence-corrected chi connectivity index (χ0v) is 13.8. The van der Waals surface area contributed by atoms with Crippen LogP contribution in [0.5, 0.6) is 11.5 Å². The van der Waals surface area contributed by atoms with Crippen LogP contribution in [0.2, 0.25) is 0 Å². The van der Waals surface area contributed by atoms with Crippen LogP contribution in [-0.4, -0.2) is 22.3 Å². The molecule has 0 radical (unpaired) electrons. The summed E-state index contributed by atoms with van der Waals surface area (Å²) in [4.78, 5) is 23.8. The van der Waals surface area contributed by atoms with Gasteiger partial charge in [-0.25, -0.2) is 0 Å². The molecular weight excluding hydrogens is 280 g/mol. The molecule has 0 fully saturated rings. The largest absolute Gasteiger partial charge is 0.507 e. The fourth-order valence-corrected chi connectivity index (χ4v) is 2.73. The van der Waals surface area contributed by atoms with Crippen LogP contribution in [0.3, 0.4) is 0 Å². The standard InChI is InChI=1S/C18H26O4/c1-5-7-12(6-2)16(20)14-9-13(8-11(3)4)17(21)15(10-19)18(14)22/h9-12,21-22H,5-8H2,1-4H3. The van der Waals surface area contributed by atoms with E-state index in [0.29, 0.717) is 24.7 Å². The first-order valence-corrected chi connectivity index (χ1v) is 7.94. The van der Waals surface area contributed by atoms with Crippen molar-refractivity contribution >= 4 is 12.1 Å². The number of hydrogen-bond donors (Lipinski definition) is 2. The highest BCUT2D eigenvalue weighted by atomic mass is 16.3. The van der Waals surface area contributed by atoms with Crippen molar-refractivity contribution in [3.8, 4) is 11.5 Å². The molecular formula is C18H26O4. The highest BCUT2D eigenvalue weighted by Crippen LogP contribution is 2.36. The van der Waals surface area contributed by atoms with Gasteiger partial charge < -0.3 is 10.2 Å². The zero-order chi connectivity index (χ0) is 16.9. The first-order valence-electron chi connectivity index (χ1n) is 7.94.